The van der Waals surface area contributed by atoms with Crippen LogP contribution in [0.2, 0.25) is 0 Å². The number of hydrogen-bond donors (Lipinski definition) is 2. The lowest BCUT2D eigenvalue weighted by Crippen LogP contribution is -2.47. The van der Waals surface area contributed by atoms with Crippen LogP contribution in [-0.2, 0) is 28.1 Å². The number of amides is 3. The van der Waals surface area contributed by atoms with E-state index in [0.29, 0.717) is 13.0 Å². The van der Waals surface area contributed by atoms with Crippen molar-refractivity contribution in [3.63, 3.8) is 0 Å². The van der Waals surface area contributed by atoms with Gasteiger partial charge >= 0.3 is 6.03 Å². The average Bonchev–Trinajstić information content (AvgIpc) is 2.94. The van der Waals surface area contributed by atoms with Crippen molar-refractivity contribution in [2.24, 2.45) is 0 Å². The SMILES string of the molecule is O=C1N[C@]2(CCCc3ccccc32)C(=O)N1C[C@@H](O)COCc1ccccc1. The second kappa shape index (κ2) is 7.73. The lowest BCUT2D eigenvalue weighted by molar-refractivity contribution is -0.133. The quantitative estimate of drug-likeness (QED) is 0.754. The van der Waals surface area contributed by atoms with Crippen molar-refractivity contribution in [1.29, 1.82) is 0 Å². The van der Waals surface area contributed by atoms with Gasteiger partial charge in [0, 0.05) is 0 Å². The molecule has 6 nitrogen and oxygen atoms in total. The third-order valence-corrected chi connectivity index (χ3v) is 5.47. The fourth-order valence-electron chi connectivity index (χ4n) is 4.13. The van der Waals surface area contributed by atoms with Gasteiger partial charge in [-0.3, -0.25) is 9.69 Å². The van der Waals surface area contributed by atoms with E-state index in [1.54, 1.807) is 0 Å². The molecule has 1 saturated heterocycles. The largest absolute Gasteiger partial charge is 0.389 e. The summed E-state index contributed by atoms with van der Waals surface area (Å²) in [7, 11) is 0. The molecular weight excluding hydrogens is 356 g/mol. The van der Waals surface area contributed by atoms with Crippen LogP contribution in [0.25, 0.3) is 0 Å². The number of urea groups is 1. The van der Waals surface area contributed by atoms with Gasteiger partial charge in [0.05, 0.1) is 25.9 Å². The third-order valence-electron chi connectivity index (χ3n) is 5.47. The highest BCUT2D eigenvalue weighted by molar-refractivity contribution is 6.07. The van der Waals surface area contributed by atoms with Gasteiger partial charge in [0.25, 0.3) is 5.91 Å². The first-order valence-corrected chi connectivity index (χ1v) is 9.62. The highest BCUT2D eigenvalue weighted by atomic mass is 16.5. The molecule has 1 heterocycles. The molecule has 6 heteroatoms. The molecule has 0 unspecified atom stereocenters. The summed E-state index contributed by atoms with van der Waals surface area (Å²) in [6.07, 6.45) is 1.37. The van der Waals surface area contributed by atoms with Crippen LogP contribution in [0.5, 0.6) is 0 Å². The van der Waals surface area contributed by atoms with Crippen LogP contribution in [0.1, 0.15) is 29.5 Å². The van der Waals surface area contributed by atoms with Gasteiger partial charge in [-0.05, 0) is 36.0 Å². The molecule has 2 N–H and O–H groups in total. The lowest BCUT2D eigenvalue weighted by Gasteiger charge is -2.33. The maximum atomic E-state index is 13.2. The summed E-state index contributed by atoms with van der Waals surface area (Å²) < 4.78 is 5.54. The molecule has 2 aliphatic rings. The van der Waals surface area contributed by atoms with Crippen LogP contribution >= 0.6 is 0 Å². The predicted molar refractivity (Wildman–Crippen MR) is 103 cm³/mol. The fraction of sp³-hybridized carbons (Fsp3) is 0.364. The number of benzene rings is 2. The van der Waals surface area contributed by atoms with E-state index in [0.717, 1.165) is 34.4 Å². The molecule has 1 fully saturated rings. The summed E-state index contributed by atoms with van der Waals surface area (Å²) in [5.41, 5.74) is 1.96. The first-order valence-electron chi connectivity index (χ1n) is 9.62. The maximum absolute atomic E-state index is 13.2. The van der Waals surface area contributed by atoms with Crippen molar-refractivity contribution in [2.75, 3.05) is 13.2 Å². The third kappa shape index (κ3) is 3.41. The van der Waals surface area contributed by atoms with Crippen LogP contribution in [0.4, 0.5) is 4.79 Å². The minimum absolute atomic E-state index is 0.0511. The summed E-state index contributed by atoms with van der Waals surface area (Å²) in [4.78, 5) is 26.8. The average molecular weight is 380 g/mol. The number of imide groups is 1. The number of carbonyl (C=O) groups excluding carboxylic acids is 2. The minimum Gasteiger partial charge on any atom is -0.389 e. The number of aliphatic hydroxyl groups excluding tert-OH is 1. The number of rotatable bonds is 6. The van der Waals surface area contributed by atoms with Crippen LogP contribution in [0.15, 0.2) is 54.6 Å². The van der Waals surface area contributed by atoms with E-state index in [4.69, 9.17) is 4.74 Å². The second-order valence-corrected chi connectivity index (χ2v) is 7.42. The molecule has 0 radical (unpaired) electrons. The van der Waals surface area contributed by atoms with Gasteiger partial charge in [-0.15, -0.1) is 0 Å². The van der Waals surface area contributed by atoms with Gasteiger partial charge in [0.2, 0.25) is 0 Å². The zero-order valence-corrected chi connectivity index (χ0v) is 15.6. The van der Waals surface area contributed by atoms with E-state index < -0.39 is 17.7 Å². The number of nitrogens with zero attached hydrogens (tertiary/aromatic N) is 1. The van der Waals surface area contributed by atoms with Crippen molar-refractivity contribution in [3.05, 3.63) is 71.3 Å². The number of fused-ring (bicyclic) bond motifs is 2. The van der Waals surface area contributed by atoms with Gasteiger partial charge in [-0.1, -0.05) is 54.6 Å². The standard InChI is InChI=1S/C22H24N2O4/c25-18(15-28-14-16-7-2-1-3-8-16)13-24-20(26)22(23-21(24)27)12-6-10-17-9-4-5-11-19(17)22/h1-5,7-9,11,18,25H,6,10,12-15H2,(H,23,27)/t18-,22+/m1/s1. The molecule has 2 aromatic carbocycles. The van der Waals surface area contributed by atoms with Gasteiger partial charge in [0.15, 0.2) is 0 Å². The first kappa shape index (κ1) is 18.7. The zero-order valence-electron chi connectivity index (χ0n) is 15.6. The molecule has 1 spiro atoms. The van der Waals surface area contributed by atoms with Crippen molar-refractivity contribution in [2.45, 2.75) is 37.5 Å². The summed E-state index contributed by atoms with van der Waals surface area (Å²) in [6, 6.07) is 16.9. The van der Waals surface area contributed by atoms with Gasteiger partial charge < -0.3 is 15.2 Å². The van der Waals surface area contributed by atoms with Gasteiger partial charge in [-0.2, -0.15) is 0 Å². The van der Waals surface area contributed by atoms with E-state index in [1.807, 2.05) is 54.6 Å². The molecule has 4 rings (SSSR count). The monoisotopic (exact) mass is 380 g/mol. The normalized spacial score (nSPS) is 22.2. The molecule has 0 saturated carbocycles. The summed E-state index contributed by atoms with van der Waals surface area (Å²) >= 11 is 0. The first-order chi connectivity index (χ1) is 13.6. The van der Waals surface area contributed by atoms with E-state index in [1.165, 1.54) is 0 Å². The smallest absolute Gasteiger partial charge is 0.325 e. The Kier molecular flexibility index (Phi) is 5.15. The Bertz CT molecular complexity index is 870. The molecule has 2 atom stereocenters. The number of β-amino-alcohol motifs (C(OH)–C–C–N with tert-alkyl or cyclic N) is 1. The topological polar surface area (TPSA) is 78.9 Å². The Morgan fingerprint density at radius 3 is 2.68 bits per heavy atom. The molecule has 2 aromatic rings. The lowest BCUT2D eigenvalue weighted by atomic mass is 9.76. The van der Waals surface area contributed by atoms with E-state index in [9.17, 15) is 14.7 Å². The van der Waals surface area contributed by atoms with Crippen LogP contribution < -0.4 is 5.32 Å². The van der Waals surface area contributed by atoms with E-state index >= 15 is 0 Å². The molecular formula is C22H24N2O4. The Morgan fingerprint density at radius 1 is 1.11 bits per heavy atom. The minimum atomic E-state index is -1.00. The molecule has 3 amide bonds. The van der Waals surface area contributed by atoms with Crippen molar-refractivity contribution >= 4 is 11.9 Å². The van der Waals surface area contributed by atoms with Crippen molar-refractivity contribution in [3.8, 4) is 0 Å². The highest BCUT2D eigenvalue weighted by Gasteiger charge is 2.54. The second-order valence-electron chi connectivity index (χ2n) is 7.42. The van der Waals surface area contributed by atoms with Gasteiger partial charge in [-0.25, -0.2) is 4.79 Å². The molecule has 0 bridgehead atoms. The predicted octanol–water partition coefficient (Wildman–Crippen LogP) is 2.35. The zero-order chi connectivity index (χ0) is 19.6. The van der Waals surface area contributed by atoms with Crippen molar-refractivity contribution in [1.82, 2.24) is 10.2 Å². The van der Waals surface area contributed by atoms with Crippen molar-refractivity contribution < 1.29 is 19.4 Å². The summed E-state index contributed by atoms with van der Waals surface area (Å²) in [5, 5.41) is 13.2. The number of aliphatic hydroxyl groups is 1. The van der Waals surface area contributed by atoms with E-state index in [-0.39, 0.29) is 19.1 Å². The Hall–Kier alpha value is -2.70. The number of nitrogens with one attached hydrogen (secondary N) is 1. The van der Waals surface area contributed by atoms with E-state index in [2.05, 4.69) is 5.32 Å². The number of carbonyl (C=O) groups is 2. The number of aryl methyl sites for hydroxylation is 1. The number of hydrogen-bond acceptors (Lipinski definition) is 4. The van der Waals surface area contributed by atoms with Crippen LogP contribution in [-0.4, -0.2) is 41.2 Å². The number of ether oxygens (including phenoxy) is 1. The van der Waals surface area contributed by atoms with Crippen LogP contribution in [0.3, 0.4) is 0 Å². The molecule has 28 heavy (non-hydrogen) atoms. The molecule has 1 aliphatic heterocycles. The Morgan fingerprint density at radius 2 is 1.86 bits per heavy atom. The van der Waals surface area contributed by atoms with Gasteiger partial charge in [0.1, 0.15) is 5.54 Å². The molecule has 1 aliphatic carbocycles. The van der Waals surface area contributed by atoms with Crippen LogP contribution in [0, 0.1) is 0 Å². The molecule has 0 aromatic heterocycles. The Labute approximate surface area is 164 Å². The highest BCUT2D eigenvalue weighted by Crippen LogP contribution is 2.39. The summed E-state index contributed by atoms with van der Waals surface area (Å²) in [5.74, 6) is -0.285. The summed E-state index contributed by atoms with van der Waals surface area (Å²) in [6.45, 7) is 0.342. The Balaban J connectivity index is 1.41. The maximum Gasteiger partial charge on any atom is 0.325 e. The molecule has 146 valence electrons. The fourth-order valence-corrected chi connectivity index (χ4v) is 4.13.